The molecule has 1 saturated heterocycles. The Morgan fingerprint density at radius 3 is 2.56 bits per heavy atom. The molecule has 2 aromatic rings. The number of alkyl halides is 3. The van der Waals surface area contributed by atoms with E-state index >= 15 is 0 Å². The van der Waals surface area contributed by atoms with E-state index in [1.165, 1.54) is 12.3 Å². The molecule has 170 valence electrons. The van der Waals surface area contributed by atoms with Crippen molar-refractivity contribution in [1.82, 2.24) is 4.90 Å². The lowest BCUT2D eigenvalue weighted by Crippen LogP contribution is -2.49. The van der Waals surface area contributed by atoms with Gasteiger partial charge in [-0.05, 0) is 43.2 Å². The summed E-state index contributed by atoms with van der Waals surface area (Å²) >= 11 is 0. The standard InChI is InChI=1S/C24H27F3N4O/c1-3-16(2)30-10-12-31(13-11-30)22-9-8-17(14-20(22)24(25,26)27)28-15-19-18-6-4-5-7-21(18)29-23(19)32/h4-9,14-16,19H,3,10-13H2,1-2H3,(H,29,32). The normalized spacial score (nSPS) is 20.5. The molecular formula is C24H27F3N4O. The summed E-state index contributed by atoms with van der Waals surface area (Å²) < 4.78 is 41.7. The number of amides is 1. The summed E-state index contributed by atoms with van der Waals surface area (Å²) in [7, 11) is 0. The Bertz CT molecular complexity index is 1010. The minimum absolute atomic E-state index is 0.177. The molecule has 5 nitrogen and oxygen atoms in total. The average Bonchev–Trinajstić information content (AvgIpc) is 3.11. The Balaban J connectivity index is 1.56. The van der Waals surface area contributed by atoms with E-state index in [0.717, 1.165) is 31.1 Å². The summed E-state index contributed by atoms with van der Waals surface area (Å²) in [6.07, 6.45) is -2.06. The second-order valence-corrected chi connectivity index (χ2v) is 8.31. The highest BCUT2D eigenvalue weighted by atomic mass is 19.4. The molecule has 1 amide bonds. The number of para-hydroxylation sites is 1. The molecule has 8 heteroatoms. The van der Waals surface area contributed by atoms with E-state index in [-0.39, 0.29) is 17.3 Å². The van der Waals surface area contributed by atoms with Gasteiger partial charge in [-0.2, -0.15) is 13.2 Å². The number of hydrogen-bond donors (Lipinski definition) is 1. The number of rotatable bonds is 5. The van der Waals surface area contributed by atoms with Crippen LogP contribution in [-0.2, 0) is 11.0 Å². The lowest BCUT2D eigenvalue weighted by Gasteiger charge is -2.39. The average molecular weight is 445 g/mol. The summed E-state index contributed by atoms with van der Waals surface area (Å²) in [5, 5.41) is 2.77. The lowest BCUT2D eigenvalue weighted by atomic mass is 10.0. The summed E-state index contributed by atoms with van der Waals surface area (Å²) in [6.45, 7) is 6.84. The number of carbonyl (C=O) groups is 1. The van der Waals surface area contributed by atoms with Gasteiger partial charge in [0.05, 0.1) is 11.3 Å². The molecule has 2 heterocycles. The van der Waals surface area contributed by atoms with E-state index in [0.29, 0.717) is 24.8 Å². The number of aliphatic imine (C=N–C) groups is 1. The van der Waals surface area contributed by atoms with Gasteiger partial charge in [-0.3, -0.25) is 14.7 Å². The second-order valence-electron chi connectivity index (χ2n) is 8.31. The number of hydrogen-bond acceptors (Lipinski definition) is 4. The minimum Gasteiger partial charge on any atom is -0.368 e. The van der Waals surface area contributed by atoms with Crippen molar-refractivity contribution in [3.8, 4) is 0 Å². The largest absolute Gasteiger partial charge is 0.418 e. The van der Waals surface area contributed by atoms with E-state index in [1.54, 1.807) is 17.0 Å². The Labute approximate surface area is 185 Å². The van der Waals surface area contributed by atoms with Crippen LogP contribution in [0.2, 0.25) is 0 Å². The van der Waals surface area contributed by atoms with Gasteiger partial charge in [0.15, 0.2) is 0 Å². The molecule has 1 fully saturated rings. The predicted octanol–water partition coefficient (Wildman–Crippen LogP) is 5.06. The first-order valence-electron chi connectivity index (χ1n) is 10.9. The van der Waals surface area contributed by atoms with Crippen LogP contribution in [0.1, 0.15) is 37.3 Å². The topological polar surface area (TPSA) is 47.9 Å². The SMILES string of the molecule is CCC(C)N1CCN(c2ccc(N=CC3C(=O)Nc4ccccc43)cc2C(F)(F)F)CC1. The molecule has 0 saturated carbocycles. The van der Waals surface area contributed by atoms with Crippen LogP contribution in [0.5, 0.6) is 0 Å². The molecule has 0 radical (unpaired) electrons. The molecule has 2 aliphatic heterocycles. The van der Waals surface area contributed by atoms with Gasteiger partial charge in [-0.15, -0.1) is 0 Å². The quantitative estimate of drug-likeness (QED) is 0.656. The summed E-state index contributed by atoms with van der Waals surface area (Å²) in [5.74, 6) is -0.851. The Morgan fingerprint density at radius 2 is 1.88 bits per heavy atom. The maximum Gasteiger partial charge on any atom is 0.418 e. The molecule has 2 aliphatic rings. The molecule has 1 N–H and O–H groups in total. The van der Waals surface area contributed by atoms with Crippen LogP contribution in [0, 0.1) is 0 Å². The molecule has 0 bridgehead atoms. The zero-order valence-electron chi connectivity index (χ0n) is 18.2. The van der Waals surface area contributed by atoms with E-state index in [2.05, 4.69) is 29.1 Å². The lowest BCUT2D eigenvalue weighted by molar-refractivity contribution is -0.137. The second kappa shape index (κ2) is 8.94. The van der Waals surface area contributed by atoms with Crippen molar-refractivity contribution in [1.29, 1.82) is 0 Å². The van der Waals surface area contributed by atoms with Crippen LogP contribution in [0.4, 0.5) is 30.2 Å². The third-order valence-electron chi connectivity index (χ3n) is 6.36. The maximum atomic E-state index is 13.9. The highest BCUT2D eigenvalue weighted by molar-refractivity contribution is 6.12. The Kier molecular flexibility index (Phi) is 6.24. The third-order valence-corrected chi connectivity index (χ3v) is 6.36. The smallest absolute Gasteiger partial charge is 0.368 e. The first kappa shape index (κ1) is 22.3. The van der Waals surface area contributed by atoms with Gasteiger partial charge < -0.3 is 10.2 Å². The van der Waals surface area contributed by atoms with Crippen LogP contribution < -0.4 is 10.2 Å². The zero-order chi connectivity index (χ0) is 22.9. The fourth-order valence-corrected chi connectivity index (χ4v) is 4.31. The molecular weight excluding hydrogens is 417 g/mol. The number of halogens is 3. The molecule has 2 unspecified atom stereocenters. The fraction of sp³-hybridized carbons (Fsp3) is 0.417. The van der Waals surface area contributed by atoms with Gasteiger partial charge in [0.25, 0.3) is 0 Å². The number of benzene rings is 2. The molecule has 0 aliphatic carbocycles. The van der Waals surface area contributed by atoms with Crippen LogP contribution in [0.15, 0.2) is 47.5 Å². The number of nitrogens with one attached hydrogen (secondary N) is 1. The van der Waals surface area contributed by atoms with Crippen LogP contribution in [-0.4, -0.2) is 49.2 Å². The van der Waals surface area contributed by atoms with Crippen LogP contribution in [0.3, 0.4) is 0 Å². The van der Waals surface area contributed by atoms with Crippen molar-refractivity contribution in [2.45, 2.75) is 38.4 Å². The summed E-state index contributed by atoms with van der Waals surface area (Å²) in [5.41, 5.74) is 1.14. The summed E-state index contributed by atoms with van der Waals surface area (Å²) in [6, 6.07) is 11.8. The number of anilines is 2. The van der Waals surface area contributed by atoms with E-state index < -0.39 is 17.7 Å². The molecule has 2 aromatic carbocycles. The predicted molar refractivity (Wildman–Crippen MR) is 121 cm³/mol. The van der Waals surface area contributed by atoms with Gasteiger partial charge >= 0.3 is 6.18 Å². The Morgan fingerprint density at radius 1 is 1.16 bits per heavy atom. The van der Waals surface area contributed by atoms with Gasteiger partial charge in [0, 0.05) is 49.8 Å². The zero-order valence-corrected chi connectivity index (χ0v) is 18.2. The molecule has 4 rings (SSSR count). The monoisotopic (exact) mass is 444 g/mol. The highest BCUT2D eigenvalue weighted by Crippen LogP contribution is 2.39. The fourth-order valence-electron chi connectivity index (χ4n) is 4.31. The maximum absolute atomic E-state index is 13.9. The highest BCUT2D eigenvalue weighted by Gasteiger charge is 2.36. The number of piperazine rings is 1. The summed E-state index contributed by atoms with van der Waals surface area (Å²) in [4.78, 5) is 20.6. The van der Waals surface area contributed by atoms with Crippen LogP contribution >= 0.6 is 0 Å². The van der Waals surface area contributed by atoms with E-state index in [1.807, 2.05) is 18.2 Å². The molecule has 0 aromatic heterocycles. The van der Waals surface area contributed by atoms with Gasteiger partial charge in [-0.1, -0.05) is 25.1 Å². The molecule has 32 heavy (non-hydrogen) atoms. The van der Waals surface area contributed by atoms with Crippen molar-refractivity contribution in [2.24, 2.45) is 4.99 Å². The van der Waals surface area contributed by atoms with Crippen LogP contribution in [0.25, 0.3) is 0 Å². The van der Waals surface area contributed by atoms with E-state index in [4.69, 9.17) is 0 Å². The van der Waals surface area contributed by atoms with Gasteiger partial charge in [-0.25, -0.2) is 0 Å². The van der Waals surface area contributed by atoms with Crippen molar-refractivity contribution in [3.63, 3.8) is 0 Å². The number of fused-ring (bicyclic) bond motifs is 1. The number of nitrogens with zero attached hydrogens (tertiary/aromatic N) is 3. The Hall–Kier alpha value is -2.87. The minimum atomic E-state index is -4.49. The first-order valence-corrected chi connectivity index (χ1v) is 10.9. The van der Waals surface area contributed by atoms with E-state index in [9.17, 15) is 18.0 Å². The number of carbonyl (C=O) groups excluding carboxylic acids is 1. The third kappa shape index (κ3) is 4.50. The van der Waals surface area contributed by atoms with Gasteiger partial charge in [0.2, 0.25) is 5.91 Å². The van der Waals surface area contributed by atoms with Crippen molar-refractivity contribution in [3.05, 3.63) is 53.6 Å². The molecule has 0 spiro atoms. The van der Waals surface area contributed by atoms with Gasteiger partial charge in [0.1, 0.15) is 5.92 Å². The van der Waals surface area contributed by atoms with Crippen molar-refractivity contribution < 1.29 is 18.0 Å². The first-order chi connectivity index (χ1) is 15.3. The molecule has 2 atom stereocenters. The van der Waals surface area contributed by atoms with Crippen molar-refractivity contribution >= 4 is 29.2 Å². The van der Waals surface area contributed by atoms with Crippen molar-refractivity contribution in [2.75, 3.05) is 36.4 Å².